The van der Waals surface area contributed by atoms with E-state index < -0.39 is 24.6 Å². The minimum absolute atomic E-state index is 0.0650. The molecule has 1 aliphatic heterocycles. The monoisotopic (exact) mass is 461 g/mol. The minimum atomic E-state index is -3.51. The topological polar surface area (TPSA) is 88.2 Å². The molecule has 10 heteroatoms. The third-order valence-corrected chi connectivity index (χ3v) is 11.6. The number of rotatable bonds is 9. The fraction of sp³-hybridized carbons (Fsp3) is 0.750. The van der Waals surface area contributed by atoms with Crippen molar-refractivity contribution in [2.75, 3.05) is 33.8 Å². The van der Waals surface area contributed by atoms with Crippen LogP contribution in [0.25, 0.3) is 0 Å². The molecule has 2 atom stereocenters. The smallest absolute Gasteiger partial charge is 0.410 e. The van der Waals surface area contributed by atoms with Crippen molar-refractivity contribution in [1.82, 2.24) is 13.9 Å². The Hall–Kier alpha value is -1.20. The first-order valence-electron chi connectivity index (χ1n) is 10.2. The molecule has 0 aromatic carbocycles. The van der Waals surface area contributed by atoms with Crippen molar-refractivity contribution in [3.63, 3.8) is 0 Å². The lowest BCUT2D eigenvalue weighted by atomic mass is 10.1. The number of hydrogen-bond acceptors (Lipinski definition) is 5. The second kappa shape index (κ2) is 10.4. The normalized spacial score (nSPS) is 21.2. The van der Waals surface area contributed by atoms with Gasteiger partial charge in [-0.3, -0.25) is 4.90 Å². The fourth-order valence-electron chi connectivity index (χ4n) is 2.81. The van der Waals surface area contributed by atoms with E-state index in [0.717, 1.165) is 9.88 Å². The van der Waals surface area contributed by atoms with Gasteiger partial charge >= 0.3 is 6.09 Å². The Labute approximate surface area is 183 Å². The third kappa shape index (κ3) is 7.49. The predicted octanol–water partition coefficient (Wildman–Crippen LogP) is 3.12. The first-order chi connectivity index (χ1) is 13.6. The van der Waals surface area contributed by atoms with Gasteiger partial charge in [0.05, 0.1) is 12.1 Å². The van der Waals surface area contributed by atoms with Crippen molar-refractivity contribution in [3.05, 3.63) is 24.3 Å². The Kier molecular flexibility index (Phi) is 9.31. The molecule has 0 spiro atoms. The maximum atomic E-state index is 12.6. The van der Waals surface area contributed by atoms with Gasteiger partial charge in [-0.05, 0) is 31.5 Å². The molecule has 0 radical (unpaired) electrons. The molecule has 0 unspecified atom stereocenters. The van der Waals surface area contributed by atoms with Crippen LogP contribution in [0.15, 0.2) is 24.3 Å². The van der Waals surface area contributed by atoms with Crippen molar-refractivity contribution < 1.29 is 22.4 Å². The Bertz CT molecular complexity index is 744. The molecule has 0 aliphatic carbocycles. The first kappa shape index (κ1) is 26.8. The lowest BCUT2D eigenvalue weighted by Crippen LogP contribution is -2.44. The van der Waals surface area contributed by atoms with E-state index in [1.807, 2.05) is 13.0 Å². The Morgan fingerprint density at radius 3 is 2.43 bits per heavy atom. The highest BCUT2D eigenvalue weighted by molar-refractivity contribution is 7.87. The summed E-state index contributed by atoms with van der Waals surface area (Å²) in [6.07, 6.45) is 3.59. The summed E-state index contributed by atoms with van der Waals surface area (Å²) < 4.78 is 39.3. The van der Waals surface area contributed by atoms with Crippen LogP contribution >= 0.6 is 0 Å². The molecule has 1 fully saturated rings. The maximum absolute atomic E-state index is 12.6. The number of amides is 1. The van der Waals surface area contributed by atoms with Gasteiger partial charge in [-0.15, -0.1) is 0 Å². The van der Waals surface area contributed by atoms with Gasteiger partial charge in [-0.1, -0.05) is 45.1 Å². The van der Waals surface area contributed by atoms with E-state index in [1.54, 1.807) is 4.90 Å². The maximum Gasteiger partial charge on any atom is 0.410 e. The molecule has 8 nitrogen and oxygen atoms in total. The molecule has 174 valence electrons. The number of nitrogens with one attached hydrogen (secondary N) is 1. The van der Waals surface area contributed by atoms with E-state index in [1.165, 1.54) is 20.2 Å². The molecule has 30 heavy (non-hydrogen) atoms. The number of carbonyl (C=O) groups is 1. The highest BCUT2D eigenvalue weighted by Gasteiger charge is 2.43. The number of ether oxygens (including phenoxy) is 1. The van der Waals surface area contributed by atoms with E-state index in [0.29, 0.717) is 13.0 Å². The van der Waals surface area contributed by atoms with Crippen LogP contribution in [-0.4, -0.2) is 78.0 Å². The number of likely N-dealkylation sites (tertiary alicyclic amines) is 1. The quantitative estimate of drug-likeness (QED) is 0.421. The zero-order chi connectivity index (χ0) is 23.3. The van der Waals surface area contributed by atoms with E-state index >= 15 is 0 Å². The fourth-order valence-corrected chi connectivity index (χ4v) is 4.83. The summed E-state index contributed by atoms with van der Waals surface area (Å²) in [4.78, 5) is 14.2. The Morgan fingerprint density at radius 1 is 1.33 bits per heavy atom. The van der Waals surface area contributed by atoms with Gasteiger partial charge in [-0.2, -0.15) is 17.4 Å². The molecule has 0 aromatic rings. The van der Waals surface area contributed by atoms with E-state index in [4.69, 9.17) is 9.16 Å². The third-order valence-electron chi connectivity index (χ3n) is 5.62. The van der Waals surface area contributed by atoms with E-state index in [-0.39, 0.29) is 30.3 Å². The molecule has 1 saturated heterocycles. The van der Waals surface area contributed by atoms with Gasteiger partial charge in [0.15, 0.2) is 8.32 Å². The predicted molar refractivity (Wildman–Crippen MR) is 123 cm³/mol. The van der Waals surface area contributed by atoms with Gasteiger partial charge in [-0.25, -0.2) is 4.79 Å². The van der Waals surface area contributed by atoms with Gasteiger partial charge in [0.1, 0.15) is 6.61 Å². The van der Waals surface area contributed by atoms with Crippen LogP contribution in [-0.2, 0) is 19.4 Å². The second-order valence-electron chi connectivity index (χ2n) is 9.44. The summed E-state index contributed by atoms with van der Waals surface area (Å²) in [5, 5.41) is 0.0650. The van der Waals surface area contributed by atoms with Gasteiger partial charge < -0.3 is 9.16 Å². The molecule has 1 rings (SSSR count). The van der Waals surface area contributed by atoms with Crippen LogP contribution in [0, 0.1) is 0 Å². The molecular formula is C20H39N3O5SSi. The SMILES string of the molecule is C=CCOC(=O)N1C[C@H](O[Si](C)(C)C(C)(C)C)C[C@H]1/C=C(\C)CNS(=O)(=O)N(C)C. The minimum Gasteiger partial charge on any atom is -0.445 e. The van der Waals surface area contributed by atoms with Crippen molar-refractivity contribution in [3.8, 4) is 0 Å². The van der Waals surface area contributed by atoms with Crippen molar-refractivity contribution >= 4 is 24.6 Å². The van der Waals surface area contributed by atoms with E-state index in [2.05, 4.69) is 45.2 Å². The Balaban J connectivity index is 2.97. The van der Waals surface area contributed by atoms with Crippen LogP contribution in [0.1, 0.15) is 34.1 Å². The van der Waals surface area contributed by atoms with E-state index in [9.17, 15) is 13.2 Å². The van der Waals surface area contributed by atoms with Gasteiger partial charge in [0.2, 0.25) is 0 Å². The average Bonchev–Trinajstić information content (AvgIpc) is 2.98. The standard InChI is InChI=1S/C20H39N3O5SSi/c1-10-11-27-19(24)23-15-18(28-30(8,9)20(3,4)5)13-17(23)12-16(2)14-21-29(25,26)22(6)7/h10,12,17-18,21H,1,11,13-15H2,2-9H3/b16-12+/t17-,18-/m1/s1. The highest BCUT2D eigenvalue weighted by atomic mass is 32.2. The van der Waals surface area contributed by atoms with Gasteiger partial charge in [0.25, 0.3) is 10.2 Å². The average molecular weight is 462 g/mol. The zero-order valence-electron chi connectivity index (χ0n) is 19.7. The van der Waals surface area contributed by atoms with Crippen LogP contribution in [0.3, 0.4) is 0 Å². The van der Waals surface area contributed by atoms with Gasteiger partial charge in [0, 0.05) is 27.2 Å². The molecule has 1 aliphatic rings. The molecule has 1 heterocycles. The molecular weight excluding hydrogens is 422 g/mol. The summed E-state index contributed by atoms with van der Waals surface area (Å²) >= 11 is 0. The summed E-state index contributed by atoms with van der Waals surface area (Å²) in [5.74, 6) is 0. The number of nitrogens with zero attached hydrogens (tertiary/aromatic N) is 2. The second-order valence-corrected chi connectivity index (χ2v) is 16.2. The molecule has 1 N–H and O–H groups in total. The lowest BCUT2D eigenvalue weighted by molar-refractivity contribution is 0.108. The summed E-state index contributed by atoms with van der Waals surface area (Å²) in [5.41, 5.74) is 0.819. The first-order valence-corrected chi connectivity index (χ1v) is 14.5. The molecule has 0 bridgehead atoms. The largest absolute Gasteiger partial charge is 0.445 e. The van der Waals surface area contributed by atoms with Crippen LogP contribution in [0.4, 0.5) is 4.79 Å². The summed E-state index contributed by atoms with van der Waals surface area (Å²) in [6, 6.07) is -0.221. The van der Waals surface area contributed by atoms with Crippen LogP contribution < -0.4 is 4.72 Å². The summed E-state index contributed by atoms with van der Waals surface area (Å²) in [7, 11) is -2.57. The van der Waals surface area contributed by atoms with Crippen molar-refractivity contribution in [1.29, 1.82) is 0 Å². The lowest BCUT2D eigenvalue weighted by Gasteiger charge is -2.38. The Morgan fingerprint density at radius 2 is 1.93 bits per heavy atom. The number of hydrogen-bond donors (Lipinski definition) is 1. The highest BCUT2D eigenvalue weighted by Crippen LogP contribution is 2.39. The van der Waals surface area contributed by atoms with Crippen molar-refractivity contribution in [2.45, 2.75) is 64.4 Å². The molecule has 0 saturated carbocycles. The molecule has 1 amide bonds. The molecule has 0 aromatic heterocycles. The number of carbonyl (C=O) groups excluding carboxylic acids is 1. The van der Waals surface area contributed by atoms with Crippen LogP contribution in [0.2, 0.25) is 18.1 Å². The zero-order valence-corrected chi connectivity index (χ0v) is 21.5. The van der Waals surface area contributed by atoms with Crippen molar-refractivity contribution in [2.24, 2.45) is 0 Å². The van der Waals surface area contributed by atoms with Crippen LogP contribution in [0.5, 0.6) is 0 Å². The summed E-state index contributed by atoms with van der Waals surface area (Å²) in [6.45, 7) is 17.1.